The summed E-state index contributed by atoms with van der Waals surface area (Å²) in [6.45, 7) is 4.71. The summed E-state index contributed by atoms with van der Waals surface area (Å²) >= 11 is 0. The van der Waals surface area contributed by atoms with E-state index in [-0.39, 0.29) is 5.41 Å². The molecule has 0 fully saturated rings. The van der Waals surface area contributed by atoms with Crippen LogP contribution in [-0.4, -0.2) is 0 Å². The molecule has 0 saturated heterocycles. The molecule has 1 aliphatic heterocycles. The van der Waals surface area contributed by atoms with E-state index in [2.05, 4.69) is 241 Å². The Bertz CT molecular complexity index is 2980. The Morgan fingerprint density at radius 1 is 0.379 bits per heavy atom. The monoisotopic (exact) mass is 743 g/mol. The number of hydrogen-bond acceptors (Lipinski definition) is 3. The summed E-state index contributed by atoms with van der Waals surface area (Å²) in [7, 11) is 0. The minimum absolute atomic E-state index is 0.104. The second kappa shape index (κ2) is 13.4. The molecule has 0 unspecified atom stereocenters. The van der Waals surface area contributed by atoms with Crippen LogP contribution in [0.3, 0.4) is 0 Å². The van der Waals surface area contributed by atoms with Gasteiger partial charge in [-0.2, -0.15) is 0 Å². The Kier molecular flexibility index (Phi) is 7.84. The first kappa shape index (κ1) is 33.9. The first-order valence-electron chi connectivity index (χ1n) is 20.1. The number of benzene rings is 9. The molecule has 0 spiro atoms. The van der Waals surface area contributed by atoms with Crippen molar-refractivity contribution in [3.05, 3.63) is 223 Å². The second-order valence-electron chi connectivity index (χ2n) is 15.8. The third-order valence-electron chi connectivity index (χ3n) is 12.1. The highest BCUT2D eigenvalue weighted by molar-refractivity contribution is 6.03. The largest absolute Gasteiger partial charge is 0.310 e. The maximum absolute atomic E-state index is 2.43. The Balaban J connectivity index is 1.04. The lowest BCUT2D eigenvalue weighted by Crippen LogP contribution is -2.24. The highest BCUT2D eigenvalue weighted by Gasteiger charge is 2.36. The van der Waals surface area contributed by atoms with Crippen molar-refractivity contribution in [2.45, 2.75) is 19.3 Å². The van der Waals surface area contributed by atoms with Gasteiger partial charge in [0.25, 0.3) is 0 Å². The third kappa shape index (κ3) is 5.35. The molecule has 1 aliphatic carbocycles. The van der Waals surface area contributed by atoms with Gasteiger partial charge in [0.1, 0.15) is 0 Å². The Morgan fingerprint density at radius 3 is 1.67 bits per heavy atom. The second-order valence-corrected chi connectivity index (χ2v) is 15.8. The first-order valence-corrected chi connectivity index (χ1v) is 20.1. The molecule has 0 amide bonds. The van der Waals surface area contributed by atoms with E-state index in [0.717, 1.165) is 62.3 Å². The summed E-state index contributed by atoms with van der Waals surface area (Å²) in [5.74, 6) is 0. The minimum atomic E-state index is -0.104. The van der Waals surface area contributed by atoms with Crippen LogP contribution in [0.2, 0.25) is 0 Å². The van der Waals surface area contributed by atoms with E-state index in [1.165, 1.54) is 33.0 Å². The molecule has 0 aromatic heterocycles. The molecule has 9 aromatic rings. The van der Waals surface area contributed by atoms with Crippen LogP contribution < -0.4 is 14.7 Å². The van der Waals surface area contributed by atoms with Crippen LogP contribution in [0, 0.1) is 0 Å². The topological polar surface area (TPSA) is 9.72 Å². The molecule has 58 heavy (non-hydrogen) atoms. The van der Waals surface area contributed by atoms with Crippen molar-refractivity contribution < 1.29 is 0 Å². The van der Waals surface area contributed by atoms with Gasteiger partial charge in [0.2, 0.25) is 0 Å². The molecule has 2 aliphatic rings. The predicted octanol–water partition coefficient (Wildman–Crippen LogP) is 15.5. The van der Waals surface area contributed by atoms with Gasteiger partial charge in [-0.1, -0.05) is 147 Å². The van der Waals surface area contributed by atoms with Gasteiger partial charge in [0, 0.05) is 33.6 Å². The molecule has 0 atom stereocenters. The summed E-state index contributed by atoms with van der Waals surface area (Å²) in [4.78, 5) is 7.22. The molecule has 0 saturated carbocycles. The van der Waals surface area contributed by atoms with Crippen molar-refractivity contribution in [2.75, 3.05) is 14.7 Å². The van der Waals surface area contributed by atoms with Crippen LogP contribution in [0.15, 0.2) is 212 Å². The fraction of sp³-hybridized carbons (Fsp3) is 0.0545. The summed E-state index contributed by atoms with van der Waals surface area (Å²) < 4.78 is 0. The van der Waals surface area contributed by atoms with Crippen LogP contribution in [0.5, 0.6) is 0 Å². The van der Waals surface area contributed by atoms with Gasteiger partial charge < -0.3 is 14.7 Å². The molecule has 0 bridgehead atoms. The highest BCUT2D eigenvalue weighted by Crippen LogP contribution is 2.55. The van der Waals surface area contributed by atoms with Crippen LogP contribution in [0.25, 0.3) is 33.0 Å². The molecule has 1 heterocycles. The third-order valence-corrected chi connectivity index (χ3v) is 12.1. The number of hydrogen-bond donors (Lipinski definition) is 0. The van der Waals surface area contributed by atoms with E-state index in [4.69, 9.17) is 0 Å². The fourth-order valence-corrected chi connectivity index (χ4v) is 9.35. The molecule has 9 aromatic carbocycles. The molecule has 11 rings (SSSR count). The van der Waals surface area contributed by atoms with Crippen molar-refractivity contribution in [1.29, 1.82) is 0 Å². The zero-order valence-corrected chi connectivity index (χ0v) is 32.5. The fourth-order valence-electron chi connectivity index (χ4n) is 9.35. The molecule has 0 N–H and O–H groups in total. The SMILES string of the molecule is CC1(C)c2ccccc2-c2ccc(N(c3ccc(-c4ccc5c(c4)N(c4ccccc4)c4ccccc4N5c4ccccc4)cc3)c3cccc4ccccc34)cc21. The standard InChI is InChI=1S/C55H41N3/c1-55(2)48-24-12-11-23-46(48)47-34-33-44(37-49(47)55)56(50-27-15-17-39-16-9-10-22-45(39)50)43-31-28-38(29-32-43)40-30-35-53-54(36-40)58(42-20-7-4-8-21-42)52-26-14-13-25-51(52)57(53)41-18-5-3-6-19-41/h3-37H,1-2H3. The van der Waals surface area contributed by atoms with E-state index in [1.807, 2.05) is 0 Å². The average molecular weight is 744 g/mol. The lowest BCUT2D eigenvalue weighted by molar-refractivity contribution is 0.660. The Hall–Kier alpha value is -7.36. The van der Waals surface area contributed by atoms with Crippen LogP contribution >= 0.6 is 0 Å². The van der Waals surface area contributed by atoms with Gasteiger partial charge in [-0.25, -0.2) is 0 Å². The van der Waals surface area contributed by atoms with Gasteiger partial charge in [-0.05, 0) is 118 Å². The van der Waals surface area contributed by atoms with E-state index >= 15 is 0 Å². The summed E-state index contributed by atoms with van der Waals surface area (Å²) in [6, 6.07) is 77.4. The van der Waals surface area contributed by atoms with Gasteiger partial charge >= 0.3 is 0 Å². The van der Waals surface area contributed by atoms with Crippen LogP contribution in [0.1, 0.15) is 25.0 Å². The zero-order valence-electron chi connectivity index (χ0n) is 32.5. The van der Waals surface area contributed by atoms with Crippen LogP contribution in [-0.2, 0) is 5.41 Å². The van der Waals surface area contributed by atoms with Gasteiger partial charge in [-0.15, -0.1) is 0 Å². The smallest absolute Gasteiger partial charge is 0.0709 e. The van der Waals surface area contributed by atoms with Crippen molar-refractivity contribution in [1.82, 2.24) is 0 Å². The lowest BCUT2D eigenvalue weighted by Gasteiger charge is -2.40. The summed E-state index contributed by atoms with van der Waals surface area (Å²) in [5.41, 5.74) is 17.9. The van der Waals surface area contributed by atoms with Crippen molar-refractivity contribution in [3.63, 3.8) is 0 Å². The van der Waals surface area contributed by atoms with Gasteiger partial charge in [0.05, 0.1) is 28.4 Å². The highest BCUT2D eigenvalue weighted by atomic mass is 15.3. The number of nitrogens with zero attached hydrogens (tertiary/aromatic N) is 3. The predicted molar refractivity (Wildman–Crippen MR) is 245 cm³/mol. The average Bonchev–Trinajstić information content (AvgIpc) is 3.51. The van der Waals surface area contributed by atoms with Crippen molar-refractivity contribution in [2.24, 2.45) is 0 Å². The molecule has 276 valence electrons. The van der Waals surface area contributed by atoms with Gasteiger partial charge in [-0.3, -0.25) is 0 Å². The Morgan fingerprint density at radius 2 is 0.931 bits per heavy atom. The summed E-state index contributed by atoms with van der Waals surface area (Å²) in [6.07, 6.45) is 0. The van der Waals surface area contributed by atoms with Crippen LogP contribution in [0.4, 0.5) is 51.2 Å². The van der Waals surface area contributed by atoms with Gasteiger partial charge in [0.15, 0.2) is 0 Å². The first-order chi connectivity index (χ1) is 28.5. The van der Waals surface area contributed by atoms with E-state index in [0.29, 0.717) is 0 Å². The molecular weight excluding hydrogens is 703 g/mol. The molecule has 3 nitrogen and oxygen atoms in total. The van der Waals surface area contributed by atoms with E-state index in [9.17, 15) is 0 Å². The minimum Gasteiger partial charge on any atom is -0.310 e. The quantitative estimate of drug-likeness (QED) is 0.168. The maximum Gasteiger partial charge on any atom is 0.0709 e. The van der Waals surface area contributed by atoms with Crippen molar-refractivity contribution >= 4 is 62.0 Å². The number of anilines is 9. The number of para-hydroxylation sites is 4. The molecule has 0 radical (unpaired) electrons. The summed E-state index contributed by atoms with van der Waals surface area (Å²) in [5, 5.41) is 2.44. The van der Waals surface area contributed by atoms with E-state index < -0.39 is 0 Å². The molecule has 3 heteroatoms. The lowest BCUT2D eigenvalue weighted by atomic mass is 9.82. The maximum atomic E-state index is 2.43. The number of fused-ring (bicyclic) bond motifs is 6. The molecular formula is C55H41N3. The van der Waals surface area contributed by atoms with Crippen molar-refractivity contribution in [3.8, 4) is 22.3 Å². The zero-order chi connectivity index (χ0) is 38.8. The Labute approximate surface area is 340 Å². The van der Waals surface area contributed by atoms with E-state index in [1.54, 1.807) is 0 Å². The number of rotatable bonds is 6. The normalized spacial score (nSPS) is 13.4.